The van der Waals surface area contributed by atoms with Crippen molar-refractivity contribution in [2.45, 2.75) is 43.1 Å². The maximum atomic E-state index is 12.6. The fraction of sp³-hybridized carbons (Fsp3) is 0.400. The molecule has 0 saturated carbocycles. The molecule has 1 N–H and O–H groups in total. The van der Waals surface area contributed by atoms with Crippen LogP contribution < -0.4 is 10.1 Å². The molecule has 33 heavy (non-hydrogen) atoms. The highest BCUT2D eigenvalue weighted by Gasteiger charge is 2.34. The first-order chi connectivity index (χ1) is 15.9. The molecular formula is C25H28N2O5S. The maximum Gasteiger partial charge on any atom is 0.245 e. The van der Waals surface area contributed by atoms with E-state index in [0.29, 0.717) is 11.5 Å². The molecule has 1 saturated heterocycles. The van der Waals surface area contributed by atoms with Crippen LogP contribution in [0, 0.1) is 5.92 Å². The van der Waals surface area contributed by atoms with Crippen LogP contribution in [0.4, 0.5) is 0 Å². The molecule has 2 aromatic rings. The summed E-state index contributed by atoms with van der Waals surface area (Å²) in [5.41, 5.74) is 2.90. The van der Waals surface area contributed by atoms with Gasteiger partial charge in [-0.2, -0.15) is 0 Å². The Morgan fingerprint density at radius 1 is 1.06 bits per heavy atom. The second kappa shape index (κ2) is 8.83. The Hall–Kier alpha value is -2.84. The number of carbonyl (C=O) groups excluding carboxylic acids is 1. The van der Waals surface area contributed by atoms with Gasteiger partial charge in [0.15, 0.2) is 9.84 Å². The Kier molecular flexibility index (Phi) is 5.88. The van der Waals surface area contributed by atoms with Crippen LogP contribution in [0.3, 0.4) is 0 Å². The van der Waals surface area contributed by atoms with Crippen LogP contribution in [0.5, 0.6) is 5.75 Å². The van der Waals surface area contributed by atoms with Crippen molar-refractivity contribution in [2.24, 2.45) is 5.92 Å². The number of nitrogens with zero attached hydrogens (tertiary/aromatic N) is 1. The number of hydrogen-bond donors (Lipinski definition) is 1. The maximum absolute atomic E-state index is 12.6. The van der Waals surface area contributed by atoms with E-state index in [-0.39, 0.29) is 24.2 Å². The third-order valence-electron chi connectivity index (χ3n) is 6.64. The predicted molar refractivity (Wildman–Crippen MR) is 124 cm³/mol. The van der Waals surface area contributed by atoms with Crippen LogP contribution in [-0.2, 0) is 26.0 Å². The van der Waals surface area contributed by atoms with Gasteiger partial charge in [-0.1, -0.05) is 24.3 Å². The van der Waals surface area contributed by atoms with E-state index < -0.39 is 9.84 Å². The number of sulfone groups is 1. The molecule has 0 aromatic heterocycles. The number of benzene rings is 2. The number of rotatable bonds is 4. The molecule has 0 bridgehead atoms. The van der Waals surface area contributed by atoms with E-state index in [1.807, 2.05) is 47.5 Å². The van der Waals surface area contributed by atoms with E-state index in [1.165, 1.54) is 6.26 Å². The van der Waals surface area contributed by atoms with Crippen LogP contribution in [0.25, 0.3) is 11.1 Å². The van der Waals surface area contributed by atoms with Crippen molar-refractivity contribution in [2.75, 3.05) is 19.3 Å². The van der Waals surface area contributed by atoms with Gasteiger partial charge in [-0.3, -0.25) is 4.79 Å². The summed E-state index contributed by atoms with van der Waals surface area (Å²) in [6.07, 6.45) is 7.22. The molecule has 174 valence electrons. The molecule has 2 atom stereocenters. The van der Waals surface area contributed by atoms with Crippen molar-refractivity contribution in [3.8, 4) is 16.9 Å². The number of likely N-dealkylation sites (tertiary alicyclic amines) is 1. The second-order valence-corrected chi connectivity index (χ2v) is 11.0. The van der Waals surface area contributed by atoms with Crippen LogP contribution in [-0.4, -0.2) is 50.9 Å². The molecule has 3 aliphatic rings. The third kappa shape index (κ3) is 4.63. The lowest BCUT2D eigenvalue weighted by Crippen LogP contribution is -2.49. The largest absolute Gasteiger partial charge is 0.464 e. The molecule has 0 aliphatic carbocycles. The highest BCUT2D eigenvalue weighted by Crippen LogP contribution is 2.35. The standard InChI is InChI=1S/C25H28N2O5S/c1-33(29,30)21-7-4-17(5-8-21)19-6-9-23-20(15-19)16-31-25(32-23)18-10-13-27(14-11-18)24(28)22-3-2-12-26-22/h2,4-9,12,15,18,22,25-26H,3,10-11,13-14,16H2,1H3. The van der Waals surface area contributed by atoms with Gasteiger partial charge in [0, 0.05) is 30.8 Å². The number of hydrogen-bond acceptors (Lipinski definition) is 6. The van der Waals surface area contributed by atoms with Gasteiger partial charge in [-0.05, 0) is 60.9 Å². The van der Waals surface area contributed by atoms with Crippen molar-refractivity contribution in [1.82, 2.24) is 10.2 Å². The SMILES string of the molecule is CS(=O)(=O)c1ccc(-c2ccc3c(c2)COC(C2CCN(C(=O)C4CC=CN4)CC2)O3)cc1. The highest BCUT2D eigenvalue weighted by molar-refractivity contribution is 7.90. The lowest BCUT2D eigenvalue weighted by Gasteiger charge is -2.38. The molecule has 3 heterocycles. The van der Waals surface area contributed by atoms with Gasteiger partial charge in [0.2, 0.25) is 12.2 Å². The molecule has 2 unspecified atom stereocenters. The van der Waals surface area contributed by atoms with Gasteiger partial charge in [-0.25, -0.2) is 8.42 Å². The van der Waals surface area contributed by atoms with Gasteiger partial charge in [0.05, 0.1) is 11.5 Å². The molecule has 0 spiro atoms. The first-order valence-electron chi connectivity index (χ1n) is 11.3. The summed E-state index contributed by atoms with van der Waals surface area (Å²) in [5, 5.41) is 3.12. The minimum absolute atomic E-state index is 0.118. The first kappa shape index (κ1) is 22.0. The predicted octanol–water partition coefficient (Wildman–Crippen LogP) is 3.11. The number of fused-ring (bicyclic) bond motifs is 1. The Balaban J connectivity index is 1.21. The third-order valence-corrected chi connectivity index (χ3v) is 7.77. The summed E-state index contributed by atoms with van der Waals surface area (Å²) >= 11 is 0. The van der Waals surface area contributed by atoms with Gasteiger partial charge >= 0.3 is 0 Å². The van der Waals surface area contributed by atoms with Crippen LogP contribution >= 0.6 is 0 Å². The zero-order chi connectivity index (χ0) is 23.0. The Morgan fingerprint density at radius 3 is 2.45 bits per heavy atom. The van der Waals surface area contributed by atoms with E-state index in [9.17, 15) is 13.2 Å². The summed E-state index contributed by atoms with van der Waals surface area (Å²) in [5.74, 6) is 1.24. The number of amides is 1. The van der Waals surface area contributed by atoms with Crippen molar-refractivity contribution in [1.29, 1.82) is 0 Å². The number of nitrogens with one attached hydrogen (secondary N) is 1. The quantitative estimate of drug-likeness (QED) is 0.742. The van der Waals surface area contributed by atoms with Crippen molar-refractivity contribution < 1.29 is 22.7 Å². The molecule has 3 aliphatic heterocycles. The lowest BCUT2D eigenvalue weighted by molar-refractivity contribution is -0.155. The molecule has 2 aromatic carbocycles. The Morgan fingerprint density at radius 2 is 1.79 bits per heavy atom. The molecule has 0 radical (unpaired) electrons. The van der Waals surface area contributed by atoms with Crippen molar-refractivity contribution in [3.63, 3.8) is 0 Å². The van der Waals surface area contributed by atoms with Crippen molar-refractivity contribution >= 4 is 15.7 Å². The minimum Gasteiger partial charge on any atom is -0.464 e. The zero-order valence-corrected chi connectivity index (χ0v) is 19.4. The molecule has 8 heteroatoms. The topological polar surface area (TPSA) is 84.9 Å². The summed E-state index contributed by atoms with van der Waals surface area (Å²) in [7, 11) is -3.21. The molecule has 5 rings (SSSR count). The Labute approximate surface area is 194 Å². The smallest absolute Gasteiger partial charge is 0.245 e. The van der Waals surface area contributed by atoms with Crippen molar-refractivity contribution in [3.05, 3.63) is 60.3 Å². The minimum atomic E-state index is -3.21. The van der Waals surface area contributed by atoms with E-state index in [2.05, 4.69) is 5.32 Å². The van der Waals surface area contributed by atoms with Gasteiger partial charge in [-0.15, -0.1) is 0 Å². The van der Waals surface area contributed by atoms with E-state index in [0.717, 1.165) is 54.8 Å². The fourth-order valence-corrected chi connectivity index (χ4v) is 5.32. The van der Waals surface area contributed by atoms with E-state index in [4.69, 9.17) is 9.47 Å². The molecule has 1 amide bonds. The molecule has 7 nitrogen and oxygen atoms in total. The number of piperidine rings is 1. The van der Waals surface area contributed by atoms with Gasteiger partial charge in [0.1, 0.15) is 11.8 Å². The van der Waals surface area contributed by atoms with Crippen LogP contribution in [0.1, 0.15) is 24.8 Å². The first-order valence-corrected chi connectivity index (χ1v) is 13.2. The number of ether oxygens (including phenoxy) is 2. The summed E-state index contributed by atoms with van der Waals surface area (Å²) < 4.78 is 35.6. The second-order valence-electron chi connectivity index (χ2n) is 8.94. The monoisotopic (exact) mass is 468 g/mol. The highest BCUT2D eigenvalue weighted by atomic mass is 32.2. The van der Waals surface area contributed by atoms with E-state index in [1.54, 1.807) is 12.1 Å². The lowest BCUT2D eigenvalue weighted by atomic mass is 9.94. The normalized spacial score (nSPS) is 23.0. The summed E-state index contributed by atoms with van der Waals surface area (Å²) in [6.45, 7) is 1.91. The van der Waals surface area contributed by atoms with Gasteiger partial charge in [0.25, 0.3) is 0 Å². The molecular weight excluding hydrogens is 440 g/mol. The Bertz CT molecular complexity index is 1160. The van der Waals surface area contributed by atoms with Crippen LogP contribution in [0.2, 0.25) is 0 Å². The van der Waals surface area contributed by atoms with Gasteiger partial charge < -0.3 is 19.7 Å². The average Bonchev–Trinajstić information content (AvgIpc) is 3.38. The summed E-state index contributed by atoms with van der Waals surface area (Å²) in [4.78, 5) is 14.8. The van der Waals surface area contributed by atoms with Crippen LogP contribution in [0.15, 0.2) is 59.6 Å². The zero-order valence-electron chi connectivity index (χ0n) is 18.6. The average molecular weight is 469 g/mol. The summed E-state index contributed by atoms with van der Waals surface area (Å²) in [6, 6.07) is 12.8. The fourth-order valence-electron chi connectivity index (χ4n) is 4.69. The number of carbonyl (C=O) groups is 1. The molecule has 1 fully saturated rings. The van der Waals surface area contributed by atoms with E-state index >= 15 is 0 Å².